The molecular formula is C9H9N3O. The van der Waals surface area contributed by atoms with Crippen LogP contribution >= 0.6 is 0 Å². The van der Waals surface area contributed by atoms with Gasteiger partial charge in [0.2, 0.25) is 0 Å². The molecule has 0 aliphatic rings. The summed E-state index contributed by atoms with van der Waals surface area (Å²) in [6.45, 7) is 0. The maximum Gasteiger partial charge on any atom is 0.147 e. The van der Waals surface area contributed by atoms with Crippen molar-refractivity contribution in [2.75, 3.05) is 11.5 Å². The highest BCUT2D eigenvalue weighted by molar-refractivity contribution is 5.86. The third-order valence-corrected chi connectivity index (χ3v) is 1.86. The summed E-state index contributed by atoms with van der Waals surface area (Å²) >= 11 is 0. The summed E-state index contributed by atoms with van der Waals surface area (Å²) in [6.07, 6.45) is 0. The van der Waals surface area contributed by atoms with E-state index in [0.29, 0.717) is 11.5 Å². The third-order valence-electron chi connectivity index (χ3n) is 1.86. The van der Waals surface area contributed by atoms with Crippen molar-refractivity contribution in [1.82, 2.24) is 4.98 Å². The number of aromatic hydroxyl groups is 1. The minimum atomic E-state index is 0.193. The van der Waals surface area contributed by atoms with Gasteiger partial charge in [-0.2, -0.15) is 0 Å². The molecule has 1 heterocycles. The normalized spacial score (nSPS) is 10.5. The summed E-state index contributed by atoms with van der Waals surface area (Å²) < 4.78 is 0. The summed E-state index contributed by atoms with van der Waals surface area (Å²) in [7, 11) is 0. The molecule has 0 amide bonds. The molecule has 2 rings (SSSR count). The summed E-state index contributed by atoms with van der Waals surface area (Å²) in [4.78, 5) is 4.06. The van der Waals surface area contributed by atoms with Crippen LogP contribution in [0.25, 0.3) is 10.9 Å². The zero-order valence-electron chi connectivity index (χ0n) is 6.86. The van der Waals surface area contributed by atoms with E-state index in [1.165, 1.54) is 0 Å². The zero-order valence-corrected chi connectivity index (χ0v) is 6.86. The lowest BCUT2D eigenvalue weighted by atomic mass is 10.2. The van der Waals surface area contributed by atoms with E-state index in [1.54, 1.807) is 24.3 Å². The number of benzene rings is 1. The summed E-state index contributed by atoms with van der Waals surface area (Å²) in [6, 6.07) is 6.54. The van der Waals surface area contributed by atoms with E-state index in [1.807, 2.05) is 0 Å². The van der Waals surface area contributed by atoms with Crippen molar-refractivity contribution in [2.45, 2.75) is 0 Å². The molecule has 0 atom stereocenters. The molecule has 0 unspecified atom stereocenters. The molecular weight excluding hydrogens is 166 g/mol. The number of nitrogens with two attached hydrogens (primary N) is 2. The van der Waals surface area contributed by atoms with Gasteiger partial charge >= 0.3 is 0 Å². The Hall–Kier alpha value is -1.97. The molecule has 1 aromatic heterocycles. The van der Waals surface area contributed by atoms with Gasteiger partial charge in [-0.15, -0.1) is 0 Å². The molecule has 0 radical (unpaired) electrons. The number of aromatic nitrogens is 1. The first-order valence-electron chi connectivity index (χ1n) is 3.81. The first-order chi connectivity index (χ1) is 6.16. The van der Waals surface area contributed by atoms with Crippen LogP contribution in [0.15, 0.2) is 24.3 Å². The Bertz CT molecular complexity index is 468. The number of nitrogen functional groups attached to an aromatic ring is 2. The van der Waals surface area contributed by atoms with Crippen molar-refractivity contribution in [1.29, 1.82) is 0 Å². The predicted octanol–water partition coefficient (Wildman–Crippen LogP) is 1.10. The Balaban J connectivity index is 2.81. The SMILES string of the molecule is Nc1cc2cc(O)ccc2nc1N. The second-order valence-electron chi connectivity index (χ2n) is 2.84. The topological polar surface area (TPSA) is 85.2 Å². The predicted molar refractivity (Wildman–Crippen MR) is 52.2 cm³/mol. The number of rotatable bonds is 0. The fourth-order valence-electron chi connectivity index (χ4n) is 1.20. The van der Waals surface area contributed by atoms with Gasteiger partial charge in [0.25, 0.3) is 0 Å². The Morgan fingerprint density at radius 3 is 2.69 bits per heavy atom. The molecule has 0 saturated carbocycles. The molecule has 1 aromatic carbocycles. The molecule has 0 aliphatic carbocycles. The maximum atomic E-state index is 9.19. The Kier molecular flexibility index (Phi) is 1.48. The van der Waals surface area contributed by atoms with Crippen LogP contribution in [0.5, 0.6) is 5.75 Å². The molecule has 66 valence electrons. The van der Waals surface area contributed by atoms with E-state index in [0.717, 1.165) is 10.9 Å². The quantitative estimate of drug-likeness (QED) is 0.559. The van der Waals surface area contributed by atoms with E-state index in [2.05, 4.69) is 4.98 Å². The van der Waals surface area contributed by atoms with Gasteiger partial charge in [0.1, 0.15) is 11.6 Å². The number of fused-ring (bicyclic) bond motifs is 1. The highest BCUT2D eigenvalue weighted by Gasteiger charge is 2.00. The van der Waals surface area contributed by atoms with Crippen LogP contribution in [0.4, 0.5) is 11.5 Å². The summed E-state index contributed by atoms with van der Waals surface area (Å²) in [5.74, 6) is 0.511. The molecule has 4 nitrogen and oxygen atoms in total. The number of phenols is 1. The van der Waals surface area contributed by atoms with Gasteiger partial charge < -0.3 is 16.6 Å². The van der Waals surface area contributed by atoms with Gasteiger partial charge in [-0.05, 0) is 24.3 Å². The molecule has 2 aromatic rings. The van der Waals surface area contributed by atoms with Crippen LogP contribution in [-0.2, 0) is 0 Å². The van der Waals surface area contributed by atoms with Crippen LogP contribution in [-0.4, -0.2) is 10.1 Å². The minimum absolute atomic E-state index is 0.193. The van der Waals surface area contributed by atoms with E-state index < -0.39 is 0 Å². The Morgan fingerprint density at radius 1 is 1.15 bits per heavy atom. The van der Waals surface area contributed by atoms with Crippen molar-refractivity contribution < 1.29 is 5.11 Å². The fourth-order valence-corrected chi connectivity index (χ4v) is 1.20. The molecule has 0 fully saturated rings. The van der Waals surface area contributed by atoms with Crippen LogP contribution < -0.4 is 11.5 Å². The number of hydrogen-bond donors (Lipinski definition) is 3. The molecule has 0 spiro atoms. The Labute approximate surface area is 74.8 Å². The largest absolute Gasteiger partial charge is 0.508 e. The van der Waals surface area contributed by atoms with Crippen LogP contribution in [0, 0.1) is 0 Å². The first-order valence-corrected chi connectivity index (χ1v) is 3.81. The lowest BCUT2D eigenvalue weighted by Gasteiger charge is -2.02. The van der Waals surface area contributed by atoms with Gasteiger partial charge in [-0.25, -0.2) is 4.98 Å². The van der Waals surface area contributed by atoms with Crippen molar-refractivity contribution in [3.63, 3.8) is 0 Å². The monoisotopic (exact) mass is 175 g/mol. The van der Waals surface area contributed by atoms with Crippen molar-refractivity contribution in [2.24, 2.45) is 0 Å². The van der Waals surface area contributed by atoms with E-state index in [9.17, 15) is 5.11 Å². The average molecular weight is 175 g/mol. The average Bonchev–Trinajstić information content (AvgIpc) is 2.08. The van der Waals surface area contributed by atoms with Crippen molar-refractivity contribution in [3.8, 4) is 5.75 Å². The van der Waals surface area contributed by atoms with Gasteiger partial charge in [0, 0.05) is 5.39 Å². The summed E-state index contributed by atoms with van der Waals surface area (Å²) in [5.41, 5.74) is 12.2. The van der Waals surface area contributed by atoms with Crippen LogP contribution in [0.3, 0.4) is 0 Å². The number of hydrogen-bond acceptors (Lipinski definition) is 4. The molecule has 0 bridgehead atoms. The highest BCUT2D eigenvalue weighted by Crippen LogP contribution is 2.23. The zero-order chi connectivity index (χ0) is 9.42. The molecule has 5 N–H and O–H groups in total. The lowest BCUT2D eigenvalue weighted by molar-refractivity contribution is 0.476. The molecule has 0 aliphatic heterocycles. The van der Waals surface area contributed by atoms with Gasteiger partial charge in [-0.3, -0.25) is 0 Å². The number of nitrogens with zero attached hydrogens (tertiary/aromatic N) is 1. The third kappa shape index (κ3) is 1.22. The van der Waals surface area contributed by atoms with Crippen LogP contribution in [0.2, 0.25) is 0 Å². The van der Waals surface area contributed by atoms with Crippen LogP contribution in [0.1, 0.15) is 0 Å². The van der Waals surface area contributed by atoms with E-state index in [-0.39, 0.29) is 5.75 Å². The second kappa shape index (κ2) is 2.52. The minimum Gasteiger partial charge on any atom is -0.508 e. The lowest BCUT2D eigenvalue weighted by Crippen LogP contribution is -1.97. The molecule has 0 saturated heterocycles. The van der Waals surface area contributed by atoms with Crippen molar-refractivity contribution in [3.05, 3.63) is 24.3 Å². The van der Waals surface area contributed by atoms with E-state index >= 15 is 0 Å². The second-order valence-corrected chi connectivity index (χ2v) is 2.84. The van der Waals surface area contributed by atoms with Gasteiger partial charge in [0.15, 0.2) is 0 Å². The smallest absolute Gasteiger partial charge is 0.147 e. The first kappa shape index (κ1) is 7.67. The van der Waals surface area contributed by atoms with Gasteiger partial charge in [0.05, 0.1) is 11.2 Å². The molecule has 4 heteroatoms. The van der Waals surface area contributed by atoms with E-state index in [4.69, 9.17) is 11.5 Å². The fraction of sp³-hybridized carbons (Fsp3) is 0. The Morgan fingerprint density at radius 2 is 1.92 bits per heavy atom. The number of anilines is 2. The highest BCUT2D eigenvalue weighted by atomic mass is 16.3. The maximum absolute atomic E-state index is 9.19. The van der Waals surface area contributed by atoms with Gasteiger partial charge in [-0.1, -0.05) is 0 Å². The standard InChI is InChI=1S/C9H9N3O/c10-7-4-5-3-6(13)1-2-8(5)12-9(7)11/h1-4,13H,10H2,(H2,11,12). The number of phenolic OH excluding ortho intramolecular Hbond substituents is 1. The number of pyridine rings is 1. The van der Waals surface area contributed by atoms with Crippen molar-refractivity contribution >= 4 is 22.4 Å². The molecule has 13 heavy (non-hydrogen) atoms. The summed E-state index contributed by atoms with van der Waals surface area (Å²) in [5, 5.41) is 9.97.